The van der Waals surface area contributed by atoms with E-state index in [0.29, 0.717) is 11.8 Å². The van der Waals surface area contributed by atoms with E-state index in [1.54, 1.807) is 0 Å². The fourth-order valence-corrected chi connectivity index (χ4v) is 8.26. The maximum atomic E-state index is 7.46. The summed E-state index contributed by atoms with van der Waals surface area (Å²) in [5, 5.41) is 2.33. The van der Waals surface area contributed by atoms with Crippen molar-refractivity contribution in [3.05, 3.63) is 125 Å². The second-order valence-electron chi connectivity index (χ2n) is 12.5. The standard InChI is InChI=1S/C39H33NO2/c1-40(2)26-20-18-25(19-21-26)39(24-10-4-3-5-11-24)23-22-31-34-28-13-7-6-12-27(28)29-14-8-16-32-35(29)37(34)36-30(38(31)42-39)15-9-17-33(36)41-32/h3-5,8-11,14-23,27-28H,6-7,12-13H2,1-2H3. The molecule has 1 fully saturated rings. The predicted octanol–water partition coefficient (Wildman–Crippen LogP) is 9.78. The highest BCUT2D eigenvalue weighted by atomic mass is 16.5. The van der Waals surface area contributed by atoms with E-state index >= 15 is 0 Å². The number of nitrogens with zero attached hydrogens (tertiary/aromatic N) is 1. The normalized spacial score (nSPS) is 22.5. The van der Waals surface area contributed by atoms with Crippen LogP contribution in [0.1, 0.15) is 65.3 Å². The van der Waals surface area contributed by atoms with Crippen LogP contribution in [0.5, 0.6) is 17.2 Å². The monoisotopic (exact) mass is 547 g/mol. The number of hydrogen-bond acceptors (Lipinski definition) is 3. The van der Waals surface area contributed by atoms with E-state index in [1.165, 1.54) is 64.6 Å². The molecule has 42 heavy (non-hydrogen) atoms. The number of hydrogen-bond donors (Lipinski definition) is 0. The summed E-state index contributed by atoms with van der Waals surface area (Å²) >= 11 is 0. The van der Waals surface area contributed by atoms with Crippen molar-refractivity contribution < 1.29 is 9.47 Å². The highest BCUT2D eigenvalue weighted by molar-refractivity contribution is 6.12. The number of rotatable bonds is 3. The van der Waals surface area contributed by atoms with Crippen molar-refractivity contribution in [3.8, 4) is 28.4 Å². The Balaban J connectivity index is 1.35. The predicted molar refractivity (Wildman–Crippen MR) is 171 cm³/mol. The van der Waals surface area contributed by atoms with Crippen molar-refractivity contribution in [2.24, 2.45) is 0 Å². The van der Waals surface area contributed by atoms with Crippen LogP contribution in [0.4, 0.5) is 5.69 Å². The Bertz CT molecular complexity index is 1920. The van der Waals surface area contributed by atoms with Crippen LogP contribution in [-0.4, -0.2) is 14.1 Å². The summed E-state index contributed by atoms with van der Waals surface area (Å²) in [7, 11) is 4.16. The lowest BCUT2D eigenvalue weighted by Crippen LogP contribution is -2.35. The smallest absolute Gasteiger partial charge is 0.178 e. The zero-order chi connectivity index (χ0) is 28.0. The minimum absolute atomic E-state index is 0.484. The van der Waals surface area contributed by atoms with E-state index in [0.717, 1.165) is 33.8 Å². The van der Waals surface area contributed by atoms with E-state index in [2.05, 4.69) is 122 Å². The van der Waals surface area contributed by atoms with Gasteiger partial charge in [0.1, 0.15) is 17.2 Å². The summed E-state index contributed by atoms with van der Waals surface area (Å²) in [5.41, 5.74) is 9.57. The van der Waals surface area contributed by atoms with Crippen LogP contribution >= 0.6 is 0 Å². The number of fused-ring (bicyclic) bond motifs is 6. The third-order valence-electron chi connectivity index (χ3n) is 10.2. The molecule has 0 spiro atoms. The molecule has 0 aromatic heterocycles. The van der Waals surface area contributed by atoms with E-state index < -0.39 is 5.60 Å². The van der Waals surface area contributed by atoms with Gasteiger partial charge in [-0.05, 0) is 66.1 Å². The number of benzene rings is 5. The zero-order valence-electron chi connectivity index (χ0n) is 24.1. The Morgan fingerprint density at radius 1 is 0.714 bits per heavy atom. The van der Waals surface area contributed by atoms with Crippen LogP contribution in [0.25, 0.3) is 28.0 Å². The summed E-state index contributed by atoms with van der Waals surface area (Å²) < 4.78 is 14.1. The summed E-state index contributed by atoms with van der Waals surface area (Å²) in [6, 6.07) is 32.6. The van der Waals surface area contributed by atoms with Gasteiger partial charge in [-0.3, -0.25) is 0 Å². The van der Waals surface area contributed by atoms with Crippen molar-refractivity contribution in [2.45, 2.75) is 43.1 Å². The minimum Gasteiger partial charge on any atom is -0.472 e. The van der Waals surface area contributed by atoms with Crippen LogP contribution < -0.4 is 14.4 Å². The molecule has 2 heterocycles. The van der Waals surface area contributed by atoms with Gasteiger partial charge in [0.2, 0.25) is 0 Å². The molecule has 0 radical (unpaired) electrons. The Morgan fingerprint density at radius 3 is 2.26 bits per heavy atom. The average molecular weight is 548 g/mol. The van der Waals surface area contributed by atoms with Crippen molar-refractivity contribution in [3.63, 3.8) is 0 Å². The van der Waals surface area contributed by atoms with Gasteiger partial charge in [-0.25, -0.2) is 0 Å². The van der Waals surface area contributed by atoms with Crippen LogP contribution in [0, 0.1) is 0 Å². The van der Waals surface area contributed by atoms with Crippen molar-refractivity contribution in [1.82, 2.24) is 0 Å². The molecule has 4 aliphatic rings. The fourth-order valence-electron chi connectivity index (χ4n) is 8.26. The lowest BCUT2D eigenvalue weighted by molar-refractivity contribution is 0.163. The lowest BCUT2D eigenvalue weighted by atomic mass is 9.63. The summed E-state index contributed by atoms with van der Waals surface area (Å²) in [6.45, 7) is 0. The maximum Gasteiger partial charge on any atom is 0.178 e. The van der Waals surface area contributed by atoms with Gasteiger partial charge in [0, 0.05) is 58.4 Å². The Labute approximate surface area is 247 Å². The first-order valence-electron chi connectivity index (χ1n) is 15.3. The van der Waals surface area contributed by atoms with Gasteiger partial charge < -0.3 is 14.4 Å². The summed E-state index contributed by atoms with van der Waals surface area (Å²) in [6.07, 6.45) is 9.70. The van der Waals surface area contributed by atoms with Crippen molar-refractivity contribution >= 4 is 22.5 Å². The van der Waals surface area contributed by atoms with Gasteiger partial charge in [-0.1, -0.05) is 85.6 Å². The molecule has 3 atom stereocenters. The molecular weight excluding hydrogens is 514 g/mol. The molecule has 206 valence electrons. The minimum atomic E-state index is -0.745. The molecule has 9 rings (SSSR count). The molecule has 5 aromatic rings. The van der Waals surface area contributed by atoms with Crippen LogP contribution in [0.2, 0.25) is 0 Å². The number of ether oxygens (including phenoxy) is 2. The molecule has 3 unspecified atom stereocenters. The third kappa shape index (κ3) is 3.17. The quantitative estimate of drug-likeness (QED) is 0.220. The van der Waals surface area contributed by atoms with Gasteiger partial charge in [0.05, 0.1) is 0 Å². The highest BCUT2D eigenvalue weighted by Gasteiger charge is 2.45. The Hall–Kier alpha value is -4.50. The van der Waals surface area contributed by atoms with Gasteiger partial charge in [0.25, 0.3) is 0 Å². The second kappa shape index (κ2) is 8.75. The largest absolute Gasteiger partial charge is 0.472 e. The summed E-state index contributed by atoms with van der Waals surface area (Å²) in [5.74, 6) is 3.91. The molecule has 0 amide bonds. The first kappa shape index (κ1) is 24.1. The molecule has 0 saturated heterocycles. The van der Waals surface area contributed by atoms with Gasteiger partial charge in [0.15, 0.2) is 5.60 Å². The average Bonchev–Trinajstić information content (AvgIpc) is 3.05. The van der Waals surface area contributed by atoms with Crippen molar-refractivity contribution in [2.75, 3.05) is 19.0 Å². The molecule has 3 heteroatoms. The molecule has 5 aromatic carbocycles. The summed E-state index contributed by atoms with van der Waals surface area (Å²) in [4.78, 5) is 2.14. The molecule has 2 aliphatic carbocycles. The Morgan fingerprint density at radius 2 is 1.45 bits per heavy atom. The molecular formula is C39H33NO2. The fraction of sp³-hybridized carbons (Fsp3) is 0.231. The lowest BCUT2D eigenvalue weighted by Gasteiger charge is -2.44. The third-order valence-corrected chi connectivity index (χ3v) is 10.2. The molecule has 3 nitrogen and oxygen atoms in total. The van der Waals surface area contributed by atoms with Gasteiger partial charge in [-0.15, -0.1) is 0 Å². The van der Waals surface area contributed by atoms with Crippen LogP contribution in [-0.2, 0) is 5.60 Å². The van der Waals surface area contributed by atoms with E-state index in [9.17, 15) is 0 Å². The van der Waals surface area contributed by atoms with E-state index in [-0.39, 0.29) is 0 Å². The maximum absolute atomic E-state index is 7.46. The van der Waals surface area contributed by atoms with E-state index in [4.69, 9.17) is 9.47 Å². The topological polar surface area (TPSA) is 21.7 Å². The molecule has 1 saturated carbocycles. The SMILES string of the molecule is CN(C)c1ccc(C2(c3ccccc3)C=Cc3c4c5c6c(cccc6c3O2)Oc2cccc(c2-5)C2CCCCC42)cc1. The van der Waals surface area contributed by atoms with Crippen molar-refractivity contribution in [1.29, 1.82) is 0 Å². The Kier molecular flexibility index (Phi) is 5.03. The second-order valence-corrected chi connectivity index (χ2v) is 12.5. The molecule has 0 bridgehead atoms. The highest BCUT2D eigenvalue weighted by Crippen LogP contribution is 2.64. The van der Waals surface area contributed by atoms with Gasteiger partial charge >= 0.3 is 0 Å². The first-order chi connectivity index (χ1) is 20.6. The van der Waals surface area contributed by atoms with Crippen LogP contribution in [0.15, 0.2) is 97.1 Å². The zero-order valence-corrected chi connectivity index (χ0v) is 24.1. The van der Waals surface area contributed by atoms with E-state index in [1.807, 2.05) is 0 Å². The van der Waals surface area contributed by atoms with Gasteiger partial charge in [-0.2, -0.15) is 0 Å². The first-order valence-corrected chi connectivity index (χ1v) is 15.3. The molecule has 0 N–H and O–H groups in total. The number of anilines is 1. The molecule has 2 aliphatic heterocycles. The van der Waals surface area contributed by atoms with Crippen LogP contribution in [0.3, 0.4) is 0 Å².